The second-order valence-electron chi connectivity index (χ2n) is 5.08. The quantitative estimate of drug-likeness (QED) is 0.861. The summed E-state index contributed by atoms with van der Waals surface area (Å²) in [7, 11) is 0. The number of thioether (sulfide) groups is 1. The Labute approximate surface area is 144 Å². The fourth-order valence-electron chi connectivity index (χ4n) is 2.36. The summed E-state index contributed by atoms with van der Waals surface area (Å²) in [6, 6.07) is 9.50. The van der Waals surface area contributed by atoms with E-state index >= 15 is 0 Å². The Morgan fingerprint density at radius 1 is 1.30 bits per heavy atom. The average Bonchev–Trinajstić information content (AvgIpc) is 2.61. The topological polar surface area (TPSA) is 54.5 Å². The van der Waals surface area contributed by atoms with Crippen LogP contribution in [0.2, 0.25) is 0 Å². The van der Waals surface area contributed by atoms with Crippen LogP contribution in [0.15, 0.2) is 36.5 Å². The maximum atomic E-state index is 12.2. The number of aromatic nitrogens is 1. The second-order valence-corrected chi connectivity index (χ2v) is 6.69. The summed E-state index contributed by atoms with van der Waals surface area (Å²) in [5, 5.41) is 3.87. The van der Waals surface area contributed by atoms with Crippen molar-refractivity contribution in [1.82, 2.24) is 9.88 Å². The third-order valence-electron chi connectivity index (χ3n) is 3.52. The molecule has 120 valence electrons. The molecule has 23 heavy (non-hydrogen) atoms. The lowest BCUT2D eigenvalue weighted by Crippen LogP contribution is -2.39. The van der Waals surface area contributed by atoms with E-state index < -0.39 is 0 Å². The first-order valence-corrected chi connectivity index (χ1v) is 8.76. The van der Waals surface area contributed by atoms with E-state index in [1.165, 1.54) is 11.8 Å². The Morgan fingerprint density at radius 3 is 2.96 bits per heavy atom. The van der Waals surface area contributed by atoms with Crippen molar-refractivity contribution in [3.63, 3.8) is 0 Å². The van der Waals surface area contributed by atoms with Crippen molar-refractivity contribution in [2.24, 2.45) is 0 Å². The van der Waals surface area contributed by atoms with E-state index in [-0.39, 0.29) is 5.91 Å². The monoisotopic (exact) mass is 347 g/mol. The van der Waals surface area contributed by atoms with Crippen molar-refractivity contribution >= 4 is 50.8 Å². The molecule has 0 saturated carbocycles. The number of benzene rings is 1. The van der Waals surface area contributed by atoms with Gasteiger partial charge in [-0.25, -0.2) is 0 Å². The number of thiocarbonyl (C=S) groups is 1. The second kappa shape index (κ2) is 7.72. The van der Waals surface area contributed by atoms with Crippen LogP contribution in [-0.2, 0) is 9.53 Å². The molecule has 7 heteroatoms. The number of ether oxygens (including phenoxy) is 1. The third kappa shape index (κ3) is 4.19. The molecule has 2 aromatic rings. The molecule has 5 nitrogen and oxygen atoms in total. The number of carbonyl (C=O) groups is 1. The highest BCUT2D eigenvalue weighted by molar-refractivity contribution is 8.23. The van der Waals surface area contributed by atoms with E-state index in [0.29, 0.717) is 19.0 Å². The predicted molar refractivity (Wildman–Crippen MR) is 97.8 cm³/mol. The first-order valence-electron chi connectivity index (χ1n) is 7.37. The Morgan fingerprint density at radius 2 is 2.13 bits per heavy atom. The molecule has 1 aliphatic heterocycles. The minimum atomic E-state index is -0.0676. The van der Waals surface area contributed by atoms with E-state index in [4.69, 9.17) is 17.0 Å². The number of hydrogen-bond donors (Lipinski definition) is 1. The summed E-state index contributed by atoms with van der Waals surface area (Å²) in [4.78, 5) is 18.6. The van der Waals surface area contributed by atoms with E-state index in [9.17, 15) is 4.79 Å². The lowest BCUT2D eigenvalue weighted by molar-refractivity contribution is -0.113. The largest absolute Gasteiger partial charge is 0.378 e. The number of amides is 1. The summed E-state index contributed by atoms with van der Waals surface area (Å²) in [6.07, 6.45) is 1.74. The molecule has 0 spiro atoms. The van der Waals surface area contributed by atoms with Crippen molar-refractivity contribution in [1.29, 1.82) is 0 Å². The molecular weight excluding hydrogens is 330 g/mol. The van der Waals surface area contributed by atoms with Crippen molar-refractivity contribution in [2.75, 3.05) is 37.4 Å². The molecule has 1 N–H and O–H groups in total. The lowest BCUT2D eigenvalue weighted by atomic mass is 10.2. The molecule has 1 saturated heterocycles. The van der Waals surface area contributed by atoms with Gasteiger partial charge in [-0.05, 0) is 24.3 Å². The Bertz CT molecular complexity index is 712. The highest BCUT2D eigenvalue weighted by Gasteiger charge is 2.15. The first-order chi connectivity index (χ1) is 11.2. The number of rotatable bonds is 3. The number of nitrogens with zero attached hydrogens (tertiary/aromatic N) is 2. The number of fused-ring (bicyclic) bond motifs is 1. The van der Waals surface area contributed by atoms with E-state index in [1.54, 1.807) is 6.20 Å². The fraction of sp³-hybridized carbons (Fsp3) is 0.312. The van der Waals surface area contributed by atoms with Crippen LogP contribution in [0.5, 0.6) is 0 Å². The van der Waals surface area contributed by atoms with Gasteiger partial charge in [0.05, 0.1) is 30.2 Å². The van der Waals surface area contributed by atoms with Crippen LogP contribution in [0.3, 0.4) is 0 Å². The molecule has 0 radical (unpaired) electrons. The Balaban J connectivity index is 1.57. The molecule has 0 aliphatic carbocycles. The molecule has 1 aromatic heterocycles. The normalized spacial score (nSPS) is 14.7. The highest BCUT2D eigenvalue weighted by atomic mass is 32.2. The molecule has 1 fully saturated rings. The average molecular weight is 347 g/mol. The summed E-state index contributed by atoms with van der Waals surface area (Å²) in [6.45, 7) is 2.97. The zero-order valence-corrected chi connectivity index (χ0v) is 14.2. The minimum absolute atomic E-state index is 0.0676. The standard InChI is InChI=1S/C16H17N3O2S2/c20-15(11-23-16(22)19-7-9-21-10-8-19)18-14-5-1-4-13-12(14)3-2-6-17-13/h1-6H,7-11H2,(H,18,20). The van der Waals surface area contributed by atoms with Gasteiger partial charge in [0.25, 0.3) is 0 Å². The van der Waals surface area contributed by atoms with Gasteiger partial charge in [0.1, 0.15) is 4.32 Å². The Kier molecular flexibility index (Phi) is 5.43. The molecule has 1 amide bonds. The van der Waals surface area contributed by atoms with E-state index in [0.717, 1.165) is 34.0 Å². The maximum Gasteiger partial charge on any atom is 0.234 e. The van der Waals surface area contributed by atoms with Crippen LogP contribution in [0.1, 0.15) is 0 Å². The number of nitrogens with one attached hydrogen (secondary N) is 1. The highest BCUT2D eigenvalue weighted by Crippen LogP contribution is 2.21. The van der Waals surface area contributed by atoms with Gasteiger partial charge in [0.2, 0.25) is 5.91 Å². The van der Waals surface area contributed by atoms with Crippen LogP contribution in [-0.4, -0.2) is 52.2 Å². The molecule has 1 aliphatic rings. The van der Waals surface area contributed by atoms with Gasteiger partial charge in [0, 0.05) is 24.7 Å². The maximum absolute atomic E-state index is 12.2. The summed E-state index contributed by atoms with van der Waals surface area (Å²) in [5.74, 6) is 0.231. The number of morpholine rings is 1. The summed E-state index contributed by atoms with van der Waals surface area (Å²) in [5.41, 5.74) is 1.64. The van der Waals surface area contributed by atoms with Crippen molar-refractivity contribution in [2.45, 2.75) is 0 Å². The van der Waals surface area contributed by atoms with E-state index in [2.05, 4.69) is 15.2 Å². The zero-order valence-electron chi connectivity index (χ0n) is 12.5. The lowest BCUT2D eigenvalue weighted by Gasteiger charge is -2.28. The van der Waals surface area contributed by atoms with Crippen molar-refractivity contribution in [3.05, 3.63) is 36.5 Å². The molecule has 0 atom stereocenters. The SMILES string of the molecule is O=C(CSC(=S)N1CCOCC1)Nc1cccc2ncccc12. The van der Waals surface area contributed by atoms with Gasteiger partial charge >= 0.3 is 0 Å². The van der Waals surface area contributed by atoms with Crippen LogP contribution < -0.4 is 5.32 Å². The van der Waals surface area contributed by atoms with Crippen molar-refractivity contribution < 1.29 is 9.53 Å². The van der Waals surface area contributed by atoms with Gasteiger partial charge in [-0.1, -0.05) is 30.0 Å². The smallest absolute Gasteiger partial charge is 0.234 e. The van der Waals surface area contributed by atoms with Crippen molar-refractivity contribution in [3.8, 4) is 0 Å². The number of carbonyl (C=O) groups excluding carboxylic acids is 1. The zero-order chi connectivity index (χ0) is 16.1. The van der Waals surface area contributed by atoms with Gasteiger partial charge in [-0.15, -0.1) is 0 Å². The molecule has 3 rings (SSSR count). The minimum Gasteiger partial charge on any atom is -0.378 e. The number of hydrogen-bond acceptors (Lipinski definition) is 5. The third-order valence-corrected chi connectivity index (χ3v) is 5.04. The van der Waals surface area contributed by atoms with Crippen LogP contribution >= 0.6 is 24.0 Å². The van der Waals surface area contributed by atoms with Gasteiger partial charge in [0.15, 0.2) is 0 Å². The van der Waals surface area contributed by atoms with Gasteiger partial charge in [-0.3, -0.25) is 9.78 Å². The fourth-order valence-corrected chi connectivity index (χ4v) is 3.41. The summed E-state index contributed by atoms with van der Waals surface area (Å²) < 4.78 is 6.05. The van der Waals surface area contributed by atoms with E-state index in [1.807, 2.05) is 30.3 Å². The molecule has 0 bridgehead atoms. The van der Waals surface area contributed by atoms with Crippen LogP contribution in [0.4, 0.5) is 5.69 Å². The van der Waals surface area contributed by atoms with Gasteiger partial charge in [-0.2, -0.15) is 0 Å². The number of pyridine rings is 1. The van der Waals surface area contributed by atoms with Gasteiger partial charge < -0.3 is 15.0 Å². The summed E-state index contributed by atoms with van der Waals surface area (Å²) >= 11 is 6.77. The predicted octanol–water partition coefficient (Wildman–Crippen LogP) is 2.52. The first kappa shape index (κ1) is 16.2. The number of anilines is 1. The molecular formula is C16H17N3O2S2. The van der Waals surface area contributed by atoms with Crippen LogP contribution in [0, 0.1) is 0 Å². The molecule has 1 aromatic carbocycles. The van der Waals surface area contributed by atoms with Crippen LogP contribution in [0.25, 0.3) is 10.9 Å². The molecule has 2 heterocycles. The molecule has 0 unspecified atom stereocenters. The Hall–Kier alpha value is -1.70.